The van der Waals surface area contributed by atoms with Crippen LogP contribution in [-0.2, 0) is 16.1 Å². The van der Waals surface area contributed by atoms with E-state index in [1.807, 2.05) is 38.1 Å². The van der Waals surface area contributed by atoms with Gasteiger partial charge in [0.1, 0.15) is 0 Å². The van der Waals surface area contributed by atoms with Gasteiger partial charge >= 0.3 is 5.97 Å². The Labute approximate surface area is 119 Å². The summed E-state index contributed by atoms with van der Waals surface area (Å²) in [5, 5.41) is 12.1. The number of nitrogens with one attached hydrogen (secondary N) is 1. The first-order valence-corrected chi connectivity index (χ1v) is 7.04. The number of carbonyl (C=O) groups is 2. The number of carboxylic acids is 1. The van der Waals surface area contributed by atoms with Crippen molar-refractivity contribution in [1.82, 2.24) is 5.32 Å². The third-order valence-electron chi connectivity index (χ3n) is 4.17. The molecule has 0 saturated heterocycles. The molecule has 0 spiro atoms. The molecular weight excluding hydrogens is 254 g/mol. The van der Waals surface area contributed by atoms with E-state index < -0.39 is 17.8 Å². The molecule has 0 heterocycles. The highest BCUT2D eigenvalue weighted by Gasteiger charge is 2.40. The lowest BCUT2D eigenvalue weighted by molar-refractivity contribution is -0.146. The standard InChI is InChI=1S/C16H21NO3/c1-10-7-13(14(8-10)16(19)20)15(18)17-9-12-6-4-3-5-11(12)2/h3-6,10,13-14H,7-9H2,1-2H3,(H,17,18)(H,19,20)/t10?,13-,14+/m0/s1. The predicted molar refractivity (Wildman–Crippen MR) is 76.0 cm³/mol. The lowest BCUT2D eigenvalue weighted by Crippen LogP contribution is -2.35. The molecule has 1 aromatic carbocycles. The Bertz CT molecular complexity index is 512. The van der Waals surface area contributed by atoms with Crippen molar-refractivity contribution in [1.29, 1.82) is 0 Å². The van der Waals surface area contributed by atoms with Crippen molar-refractivity contribution in [2.45, 2.75) is 33.2 Å². The summed E-state index contributed by atoms with van der Waals surface area (Å²) in [6, 6.07) is 7.87. The molecule has 20 heavy (non-hydrogen) atoms. The molecule has 0 aliphatic heterocycles. The predicted octanol–water partition coefficient (Wildman–Crippen LogP) is 2.36. The average Bonchev–Trinajstić information content (AvgIpc) is 2.80. The summed E-state index contributed by atoms with van der Waals surface area (Å²) in [7, 11) is 0. The third-order valence-corrected chi connectivity index (χ3v) is 4.17. The summed E-state index contributed by atoms with van der Waals surface area (Å²) in [6.07, 6.45) is 1.26. The quantitative estimate of drug-likeness (QED) is 0.886. The number of hydrogen-bond acceptors (Lipinski definition) is 2. The van der Waals surface area contributed by atoms with Crippen LogP contribution in [0.1, 0.15) is 30.9 Å². The number of benzene rings is 1. The van der Waals surface area contributed by atoms with Crippen LogP contribution >= 0.6 is 0 Å². The van der Waals surface area contributed by atoms with E-state index in [9.17, 15) is 14.7 Å². The highest BCUT2D eigenvalue weighted by molar-refractivity contribution is 5.85. The molecule has 1 unspecified atom stereocenters. The van der Waals surface area contributed by atoms with Crippen molar-refractivity contribution in [2.75, 3.05) is 0 Å². The minimum absolute atomic E-state index is 0.134. The van der Waals surface area contributed by atoms with Crippen molar-refractivity contribution in [3.8, 4) is 0 Å². The van der Waals surface area contributed by atoms with Gasteiger partial charge in [-0.05, 0) is 36.8 Å². The van der Waals surface area contributed by atoms with Crippen LogP contribution in [-0.4, -0.2) is 17.0 Å². The zero-order chi connectivity index (χ0) is 14.7. The van der Waals surface area contributed by atoms with E-state index in [0.717, 1.165) is 11.1 Å². The van der Waals surface area contributed by atoms with Gasteiger partial charge in [0.2, 0.25) is 5.91 Å². The van der Waals surface area contributed by atoms with Crippen LogP contribution in [0.15, 0.2) is 24.3 Å². The van der Waals surface area contributed by atoms with Gasteiger partial charge in [0.25, 0.3) is 0 Å². The van der Waals surface area contributed by atoms with Crippen LogP contribution in [0.2, 0.25) is 0 Å². The zero-order valence-electron chi connectivity index (χ0n) is 11.9. The van der Waals surface area contributed by atoms with Crippen molar-refractivity contribution < 1.29 is 14.7 Å². The lowest BCUT2D eigenvalue weighted by Gasteiger charge is -2.16. The Balaban J connectivity index is 1.98. The molecule has 0 bridgehead atoms. The number of amides is 1. The van der Waals surface area contributed by atoms with Crippen molar-refractivity contribution in [3.63, 3.8) is 0 Å². The van der Waals surface area contributed by atoms with E-state index in [1.165, 1.54) is 0 Å². The first-order valence-electron chi connectivity index (χ1n) is 7.04. The minimum atomic E-state index is -0.856. The van der Waals surface area contributed by atoms with E-state index in [2.05, 4.69) is 5.32 Å². The highest BCUT2D eigenvalue weighted by atomic mass is 16.4. The number of aliphatic carboxylic acids is 1. The van der Waals surface area contributed by atoms with Gasteiger partial charge in [-0.25, -0.2) is 0 Å². The van der Waals surface area contributed by atoms with Gasteiger partial charge < -0.3 is 10.4 Å². The molecule has 2 rings (SSSR count). The van der Waals surface area contributed by atoms with Crippen molar-refractivity contribution in [3.05, 3.63) is 35.4 Å². The highest BCUT2D eigenvalue weighted by Crippen LogP contribution is 2.36. The molecule has 1 aliphatic carbocycles. The average molecular weight is 275 g/mol. The molecule has 1 fully saturated rings. The Morgan fingerprint density at radius 2 is 1.90 bits per heavy atom. The molecule has 0 radical (unpaired) electrons. The summed E-state index contributed by atoms with van der Waals surface area (Å²) in [5.74, 6) is -1.63. The topological polar surface area (TPSA) is 66.4 Å². The first-order chi connectivity index (χ1) is 9.49. The van der Waals surface area contributed by atoms with E-state index in [-0.39, 0.29) is 5.91 Å². The summed E-state index contributed by atoms with van der Waals surface area (Å²) < 4.78 is 0. The van der Waals surface area contributed by atoms with Crippen molar-refractivity contribution >= 4 is 11.9 Å². The van der Waals surface area contributed by atoms with Crippen LogP contribution in [0.3, 0.4) is 0 Å². The number of carboxylic acid groups (broad SMARTS) is 1. The molecule has 1 saturated carbocycles. The third kappa shape index (κ3) is 3.18. The van der Waals surface area contributed by atoms with Gasteiger partial charge in [-0.1, -0.05) is 31.2 Å². The fourth-order valence-corrected chi connectivity index (χ4v) is 2.98. The summed E-state index contributed by atoms with van der Waals surface area (Å²) in [5.41, 5.74) is 2.20. The smallest absolute Gasteiger partial charge is 0.307 e. The molecule has 4 heteroatoms. The Kier molecular flexibility index (Phi) is 4.42. The van der Waals surface area contributed by atoms with E-state index in [1.54, 1.807) is 0 Å². The molecule has 1 amide bonds. The molecule has 108 valence electrons. The number of hydrogen-bond donors (Lipinski definition) is 2. The molecule has 1 aromatic rings. The maximum absolute atomic E-state index is 12.2. The Morgan fingerprint density at radius 3 is 2.55 bits per heavy atom. The van der Waals surface area contributed by atoms with Crippen LogP contribution in [0.5, 0.6) is 0 Å². The SMILES string of the molecule is Cc1ccccc1CNC(=O)[C@H]1CC(C)C[C@H]1C(=O)O. The largest absolute Gasteiger partial charge is 0.481 e. The summed E-state index contributed by atoms with van der Waals surface area (Å²) in [4.78, 5) is 23.4. The lowest BCUT2D eigenvalue weighted by atomic mass is 9.95. The number of aryl methyl sites for hydroxylation is 1. The van der Waals surface area contributed by atoms with Gasteiger partial charge in [-0.3, -0.25) is 9.59 Å². The van der Waals surface area contributed by atoms with Crippen molar-refractivity contribution in [2.24, 2.45) is 17.8 Å². The van der Waals surface area contributed by atoms with E-state index in [4.69, 9.17) is 0 Å². The van der Waals surface area contributed by atoms with Gasteiger partial charge in [-0.2, -0.15) is 0 Å². The fraction of sp³-hybridized carbons (Fsp3) is 0.500. The molecule has 1 aliphatic rings. The van der Waals surface area contributed by atoms with E-state index in [0.29, 0.717) is 25.3 Å². The molecule has 4 nitrogen and oxygen atoms in total. The second-order valence-electron chi connectivity index (χ2n) is 5.77. The van der Waals surface area contributed by atoms with Crippen LogP contribution < -0.4 is 5.32 Å². The van der Waals surface area contributed by atoms with Crippen LogP contribution in [0.25, 0.3) is 0 Å². The first kappa shape index (κ1) is 14.6. The maximum atomic E-state index is 12.2. The maximum Gasteiger partial charge on any atom is 0.307 e. The Morgan fingerprint density at radius 1 is 1.25 bits per heavy atom. The molecule has 0 aromatic heterocycles. The summed E-state index contributed by atoms with van der Waals surface area (Å²) >= 11 is 0. The number of rotatable bonds is 4. The van der Waals surface area contributed by atoms with Gasteiger partial charge in [0.15, 0.2) is 0 Å². The van der Waals surface area contributed by atoms with Gasteiger partial charge in [0.05, 0.1) is 11.8 Å². The van der Waals surface area contributed by atoms with Crippen LogP contribution in [0, 0.1) is 24.7 Å². The van der Waals surface area contributed by atoms with Gasteiger partial charge in [0, 0.05) is 6.54 Å². The minimum Gasteiger partial charge on any atom is -0.481 e. The number of carbonyl (C=O) groups excluding carboxylic acids is 1. The monoisotopic (exact) mass is 275 g/mol. The fourth-order valence-electron chi connectivity index (χ4n) is 2.98. The normalized spacial score (nSPS) is 25.4. The van der Waals surface area contributed by atoms with Gasteiger partial charge in [-0.15, -0.1) is 0 Å². The second kappa shape index (κ2) is 6.07. The molecule has 2 N–H and O–H groups in total. The Hall–Kier alpha value is -1.84. The summed E-state index contributed by atoms with van der Waals surface area (Å²) in [6.45, 7) is 4.46. The second-order valence-corrected chi connectivity index (χ2v) is 5.77. The zero-order valence-corrected chi connectivity index (χ0v) is 11.9. The van der Waals surface area contributed by atoms with Crippen LogP contribution in [0.4, 0.5) is 0 Å². The molecule has 3 atom stereocenters. The molecular formula is C16H21NO3. The van der Waals surface area contributed by atoms with E-state index >= 15 is 0 Å².